The van der Waals surface area contributed by atoms with Crippen molar-refractivity contribution < 1.29 is 18.7 Å². The van der Waals surface area contributed by atoms with Gasteiger partial charge in [-0.2, -0.15) is 0 Å². The van der Waals surface area contributed by atoms with Gasteiger partial charge in [0.1, 0.15) is 0 Å². The molecular formula is C16H15ClN4O4S. The van der Waals surface area contributed by atoms with Gasteiger partial charge in [0, 0.05) is 22.0 Å². The van der Waals surface area contributed by atoms with E-state index in [1.807, 2.05) is 0 Å². The van der Waals surface area contributed by atoms with Crippen molar-refractivity contribution in [2.75, 3.05) is 18.9 Å². The van der Waals surface area contributed by atoms with Gasteiger partial charge in [0.15, 0.2) is 0 Å². The van der Waals surface area contributed by atoms with Gasteiger partial charge in [0.2, 0.25) is 5.89 Å². The number of hydrogen-bond donors (Lipinski definition) is 2. The molecule has 0 radical (unpaired) electrons. The average Bonchev–Trinajstić information content (AvgIpc) is 3.10. The van der Waals surface area contributed by atoms with Gasteiger partial charge in [-0.05, 0) is 31.2 Å². The molecule has 26 heavy (non-hydrogen) atoms. The second-order valence-electron chi connectivity index (χ2n) is 5.15. The Hall–Kier alpha value is -2.52. The fraction of sp³-hybridized carbons (Fsp3) is 0.250. The third kappa shape index (κ3) is 4.36. The molecule has 0 spiro atoms. The number of benzene rings is 1. The molecule has 0 fully saturated rings. The molecule has 0 saturated heterocycles. The van der Waals surface area contributed by atoms with E-state index in [4.69, 9.17) is 20.8 Å². The summed E-state index contributed by atoms with van der Waals surface area (Å²) in [7, 11) is 0. The number of halogens is 1. The minimum Gasteiger partial charge on any atom is -0.463 e. The number of ether oxygens (including phenoxy) is 1. The van der Waals surface area contributed by atoms with Crippen LogP contribution >= 0.6 is 23.4 Å². The third-order valence-electron chi connectivity index (χ3n) is 3.41. The Morgan fingerprint density at radius 2 is 2.12 bits per heavy atom. The Balaban J connectivity index is 1.71. The number of amides is 2. The highest BCUT2D eigenvalue weighted by Gasteiger charge is 2.24. The van der Waals surface area contributed by atoms with Crippen molar-refractivity contribution in [1.29, 1.82) is 0 Å². The van der Waals surface area contributed by atoms with Crippen LogP contribution in [0.25, 0.3) is 11.5 Å². The molecule has 2 aromatic rings. The highest BCUT2D eigenvalue weighted by molar-refractivity contribution is 7.99. The lowest BCUT2D eigenvalue weighted by Gasteiger charge is -2.20. The predicted molar refractivity (Wildman–Crippen MR) is 95.7 cm³/mol. The van der Waals surface area contributed by atoms with Crippen molar-refractivity contribution >= 4 is 35.4 Å². The highest BCUT2D eigenvalue weighted by atomic mass is 35.5. The predicted octanol–water partition coefficient (Wildman–Crippen LogP) is 2.61. The summed E-state index contributed by atoms with van der Waals surface area (Å²) in [6, 6.07) is 6.64. The lowest BCUT2D eigenvalue weighted by molar-refractivity contribution is -0.138. The number of urea groups is 1. The molecule has 2 heterocycles. The van der Waals surface area contributed by atoms with Gasteiger partial charge in [-0.25, -0.2) is 9.59 Å². The van der Waals surface area contributed by atoms with Crippen LogP contribution < -0.4 is 10.6 Å². The topological polar surface area (TPSA) is 106 Å². The molecule has 10 heteroatoms. The zero-order valence-electron chi connectivity index (χ0n) is 13.7. The summed E-state index contributed by atoms with van der Waals surface area (Å²) in [5.74, 6) is 0.171. The molecular weight excluding hydrogens is 380 g/mol. The van der Waals surface area contributed by atoms with Crippen LogP contribution in [0.1, 0.15) is 6.92 Å². The lowest BCUT2D eigenvalue weighted by atomic mass is 10.2. The molecule has 1 aliphatic rings. The molecule has 0 atom stereocenters. The molecule has 2 amide bonds. The second kappa shape index (κ2) is 8.24. The van der Waals surface area contributed by atoms with Gasteiger partial charge in [-0.15, -0.1) is 10.2 Å². The molecule has 1 aromatic heterocycles. The fourth-order valence-electron chi connectivity index (χ4n) is 2.18. The van der Waals surface area contributed by atoms with Crippen LogP contribution in [0.3, 0.4) is 0 Å². The Labute approximate surface area is 158 Å². The maximum atomic E-state index is 12.0. The first-order valence-electron chi connectivity index (χ1n) is 7.73. The van der Waals surface area contributed by atoms with Gasteiger partial charge < -0.3 is 19.8 Å². The summed E-state index contributed by atoms with van der Waals surface area (Å²) in [5, 5.41) is 14.1. The molecule has 2 N–H and O–H groups in total. The fourth-order valence-corrected chi connectivity index (χ4v) is 3.06. The molecule has 0 saturated carbocycles. The molecule has 1 aliphatic heterocycles. The van der Waals surface area contributed by atoms with E-state index < -0.39 is 5.97 Å². The maximum absolute atomic E-state index is 12.0. The molecule has 8 nitrogen and oxygen atoms in total. The van der Waals surface area contributed by atoms with Crippen LogP contribution in [0.4, 0.5) is 4.79 Å². The number of rotatable bonds is 6. The first-order chi connectivity index (χ1) is 12.6. The molecule has 1 aromatic carbocycles. The van der Waals surface area contributed by atoms with Gasteiger partial charge in [-0.1, -0.05) is 23.4 Å². The van der Waals surface area contributed by atoms with Crippen LogP contribution in [0.15, 0.2) is 45.2 Å². The Morgan fingerprint density at radius 3 is 2.85 bits per heavy atom. The number of hydrogen-bond acceptors (Lipinski definition) is 7. The highest BCUT2D eigenvalue weighted by Crippen LogP contribution is 2.26. The van der Waals surface area contributed by atoms with E-state index in [9.17, 15) is 9.59 Å². The number of nitrogens with one attached hydrogen (secondary N) is 2. The van der Waals surface area contributed by atoms with Gasteiger partial charge in [0.25, 0.3) is 5.22 Å². The lowest BCUT2D eigenvalue weighted by Crippen LogP contribution is -2.44. The monoisotopic (exact) mass is 394 g/mol. The van der Waals surface area contributed by atoms with Crippen molar-refractivity contribution in [3.05, 3.63) is 40.6 Å². The van der Waals surface area contributed by atoms with E-state index in [-0.39, 0.29) is 24.9 Å². The quantitative estimate of drug-likeness (QED) is 0.572. The molecule has 136 valence electrons. The standard InChI is InChI=1S/C16H15ClN4O4S/c1-2-24-14(22)11-7-18-15(23)19-12(11)8-26-16-21-20-13(25-16)9-3-5-10(17)6-4-9/h3-6H,2,7-8H2,1H3,(H2,18,19,23). The van der Waals surface area contributed by atoms with E-state index in [1.165, 1.54) is 11.8 Å². The second-order valence-corrected chi connectivity index (χ2v) is 6.52. The van der Waals surface area contributed by atoms with Crippen LogP contribution in [-0.2, 0) is 9.53 Å². The minimum absolute atomic E-state index is 0.112. The van der Waals surface area contributed by atoms with Gasteiger partial charge >= 0.3 is 12.0 Å². The summed E-state index contributed by atoms with van der Waals surface area (Å²) in [6.07, 6.45) is 0. The largest absolute Gasteiger partial charge is 0.463 e. The van der Waals surface area contributed by atoms with Crippen molar-refractivity contribution in [2.45, 2.75) is 12.1 Å². The van der Waals surface area contributed by atoms with E-state index in [0.29, 0.717) is 27.4 Å². The number of aromatic nitrogens is 2. The summed E-state index contributed by atoms with van der Waals surface area (Å²) < 4.78 is 10.6. The maximum Gasteiger partial charge on any atom is 0.337 e. The van der Waals surface area contributed by atoms with E-state index in [0.717, 1.165) is 5.56 Å². The zero-order valence-corrected chi connectivity index (χ0v) is 15.3. The number of esters is 1. The van der Waals surface area contributed by atoms with Crippen LogP contribution in [0.5, 0.6) is 0 Å². The van der Waals surface area contributed by atoms with Crippen molar-refractivity contribution in [3.8, 4) is 11.5 Å². The zero-order chi connectivity index (χ0) is 18.5. The number of nitrogens with zero attached hydrogens (tertiary/aromatic N) is 2. The number of carbonyl (C=O) groups excluding carboxylic acids is 2. The molecule has 0 unspecified atom stereocenters. The van der Waals surface area contributed by atoms with E-state index >= 15 is 0 Å². The molecule has 0 aliphatic carbocycles. The Kier molecular flexibility index (Phi) is 5.79. The number of thioether (sulfide) groups is 1. The number of carbonyl (C=O) groups is 2. The average molecular weight is 395 g/mol. The van der Waals surface area contributed by atoms with Crippen LogP contribution in [0, 0.1) is 0 Å². The van der Waals surface area contributed by atoms with Crippen molar-refractivity contribution in [3.63, 3.8) is 0 Å². The van der Waals surface area contributed by atoms with Gasteiger partial charge in [-0.3, -0.25) is 0 Å². The SMILES string of the molecule is CCOC(=O)C1=C(CSc2nnc(-c3ccc(Cl)cc3)o2)NC(=O)NC1. The third-order valence-corrected chi connectivity index (χ3v) is 4.51. The summed E-state index contributed by atoms with van der Waals surface area (Å²) in [4.78, 5) is 23.5. The van der Waals surface area contributed by atoms with E-state index in [2.05, 4.69) is 20.8 Å². The van der Waals surface area contributed by atoms with Crippen LogP contribution in [-0.4, -0.2) is 41.1 Å². The summed E-state index contributed by atoms with van der Waals surface area (Å²) in [6.45, 7) is 2.09. The smallest absolute Gasteiger partial charge is 0.337 e. The molecule has 3 rings (SSSR count). The summed E-state index contributed by atoms with van der Waals surface area (Å²) in [5.41, 5.74) is 1.58. The first kappa shape index (κ1) is 18.3. The van der Waals surface area contributed by atoms with Crippen molar-refractivity contribution in [1.82, 2.24) is 20.8 Å². The minimum atomic E-state index is -0.469. The van der Waals surface area contributed by atoms with E-state index in [1.54, 1.807) is 31.2 Å². The van der Waals surface area contributed by atoms with Crippen molar-refractivity contribution in [2.24, 2.45) is 0 Å². The molecule has 0 bridgehead atoms. The summed E-state index contributed by atoms with van der Waals surface area (Å²) >= 11 is 7.07. The normalized spacial score (nSPS) is 14.0. The van der Waals surface area contributed by atoms with Gasteiger partial charge in [0.05, 0.1) is 18.7 Å². The Bertz CT molecular complexity index is 850. The Morgan fingerprint density at radius 1 is 1.35 bits per heavy atom. The van der Waals surface area contributed by atoms with Crippen LogP contribution in [0.2, 0.25) is 5.02 Å². The first-order valence-corrected chi connectivity index (χ1v) is 9.09.